The van der Waals surface area contributed by atoms with Crippen LogP contribution in [0.15, 0.2) is 60.9 Å². The minimum Gasteiger partial charge on any atom is -0.348 e. The summed E-state index contributed by atoms with van der Waals surface area (Å²) in [7, 11) is 0. The zero-order valence-corrected chi connectivity index (χ0v) is 25.0. The largest absolute Gasteiger partial charge is 0.348 e. The minimum absolute atomic E-state index is 0.0252. The third kappa shape index (κ3) is 6.46. The predicted molar refractivity (Wildman–Crippen MR) is 167 cm³/mol. The van der Waals surface area contributed by atoms with Gasteiger partial charge in [-0.05, 0) is 60.2 Å². The van der Waals surface area contributed by atoms with Gasteiger partial charge in [0.1, 0.15) is 0 Å². The number of carbonyl (C=O) groups is 2. The van der Waals surface area contributed by atoms with Crippen molar-refractivity contribution in [1.29, 1.82) is 0 Å². The Morgan fingerprint density at radius 1 is 0.953 bits per heavy atom. The average Bonchev–Trinajstić information content (AvgIpc) is 3.51. The first-order valence-electron chi connectivity index (χ1n) is 15.0. The Kier molecular flexibility index (Phi) is 7.98. The van der Waals surface area contributed by atoms with E-state index in [1.807, 2.05) is 53.4 Å². The number of aromatic nitrogens is 4. The molecule has 0 radical (unpaired) electrons. The molecule has 0 saturated carbocycles. The van der Waals surface area contributed by atoms with Crippen LogP contribution in [0.1, 0.15) is 59.9 Å². The number of piperidine rings is 1. The molecule has 6 rings (SSSR count). The van der Waals surface area contributed by atoms with Crippen molar-refractivity contribution in [3.8, 4) is 0 Å². The monoisotopic (exact) mass is 581 g/mol. The number of carbonyl (C=O) groups excluding carboxylic acids is 2. The molecule has 0 bridgehead atoms. The summed E-state index contributed by atoms with van der Waals surface area (Å²) in [6, 6.07) is 15.3. The van der Waals surface area contributed by atoms with E-state index in [-0.39, 0.29) is 23.3 Å². The lowest BCUT2D eigenvalue weighted by atomic mass is 9.86. The molecule has 2 aliphatic heterocycles. The van der Waals surface area contributed by atoms with Gasteiger partial charge in [0.05, 0.1) is 0 Å². The Balaban J connectivity index is 1.15. The Bertz CT molecular complexity index is 1590. The molecule has 0 unspecified atom stereocenters. The highest BCUT2D eigenvalue weighted by Crippen LogP contribution is 2.25. The van der Waals surface area contributed by atoms with Crippen molar-refractivity contribution >= 4 is 34.9 Å². The molecule has 2 saturated heterocycles. The molecule has 2 aromatic heterocycles. The number of hydrogen-bond acceptors (Lipinski definition) is 8. The van der Waals surface area contributed by atoms with E-state index >= 15 is 0 Å². The summed E-state index contributed by atoms with van der Waals surface area (Å²) in [5.41, 5.74) is 3.96. The van der Waals surface area contributed by atoms with E-state index in [0.29, 0.717) is 48.2 Å². The summed E-state index contributed by atoms with van der Waals surface area (Å²) in [6.45, 7) is 10.9. The van der Waals surface area contributed by atoms with Crippen LogP contribution in [0.5, 0.6) is 0 Å². The molecule has 2 amide bonds. The molecule has 0 aliphatic carbocycles. The molecule has 2 aliphatic rings. The Labute approximate surface area is 251 Å². The lowest BCUT2D eigenvalue weighted by molar-refractivity contribution is 0.0735. The maximum Gasteiger partial charge on any atom is 0.253 e. The Hall–Kier alpha value is -4.51. The van der Waals surface area contributed by atoms with Gasteiger partial charge >= 0.3 is 0 Å². The van der Waals surface area contributed by atoms with Gasteiger partial charge in [0, 0.05) is 74.5 Å². The summed E-state index contributed by atoms with van der Waals surface area (Å²) in [5.74, 6) is 1.11. The van der Waals surface area contributed by atoms with Crippen LogP contribution >= 0.6 is 0 Å². The van der Waals surface area contributed by atoms with Gasteiger partial charge in [-0.15, -0.1) is 5.10 Å². The van der Waals surface area contributed by atoms with Crippen LogP contribution in [-0.4, -0.2) is 81.6 Å². The third-order valence-corrected chi connectivity index (χ3v) is 8.09. The van der Waals surface area contributed by atoms with E-state index < -0.39 is 0 Å². The number of imidazole rings is 1. The van der Waals surface area contributed by atoms with Crippen LogP contribution in [-0.2, 0) is 5.41 Å². The van der Waals surface area contributed by atoms with Gasteiger partial charge in [-0.2, -0.15) is 4.98 Å². The van der Waals surface area contributed by atoms with Gasteiger partial charge in [-0.1, -0.05) is 32.9 Å². The van der Waals surface area contributed by atoms with Crippen molar-refractivity contribution in [1.82, 2.24) is 35.1 Å². The molecular weight excluding hydrogens is 542 g/mol. The summed E-state index contributed by atoms with van der Waals surface area (Å²) < 4.78 is 1.71. The Morgan fingerprint density at radius 3 is 2.40 bits per heavy atom. The second kappa shape index (κ2) is 12.0. The molecule has 1 atom stereocenters. The highest BCUT2D eigenvalue weighted by Gasteiger charge is 2.25. The SMILES string of the molecule is CC(C)(C)c1ccc(C(=O)N[C@@H]2CCCN(c3nc(Nc4ccc(C(=O)N5CCNCC5)cc4)c4nccn4n3)C2)cc1. The van der Waals surface area contributed by atoms with Crippen LogP contribution < -0.4 is 20.9 Å². The van der Waals surface area contributed by atoms with Crippen molar-refractivity contribution in [2.45, 2.75) is 45.1 Å². The number of rotatable bonds is 6. The van der Waals surface area contributed by atoms with Crippen molar-refractivity contribution in [2.75, 3.05) is 49.5 Å². The summed E-state index contributed by atoms with van der Waals surface area (Å²) in [5, 5.41) is 14.6. The van der Waals surface area contributed by atoms with Gasteiger partial charge in [0.15, 0.2) is 11.5 Å². The Morgan fingerprint density at radius 2 is 1.67 bits per heavy atom. The molecule has 43 heavy (non-hydrogen) atoms. The summed E-state index contributed by atoms with van der Waals surface area (Å²) in [4.78, 5) is 39.2. The van der Waals surface area contributed by atoms with Crippen molar-refractivity contribution < 1.29 is 9.59 Å². The number of fused-ring (bicyclic) bond motifs is 1. The van der Waals surface area contributed by atoms with E-state index in [0.717, 1.165) is 38.2 Å². The number of piperazine rings is 1. The second-order valence-corrected chi connectivity index (χ2v) is 12.3. The number of hydrogen-bond donors (Lipinski definition) is 3. The number of amides is 2. The summed E-state index contributed by atoms with van der Waals surface area (Å²) >= 11 is 0. The molecule has 11 heteroatoms. The number of nitrogens with one attached hydrogen (secondary N) is 3. The normalized spacial score (nSPS) is 17.6. The van der Waals surface area contributed by atoms with E-state index in [1.165, 1.54) is 5.56 Å². The number of anilines is 3. The maximum absolute atomic E-state index is 13.1. The van der Waals surface area contributed by atoms with E-state index in [9.17, 15) is 9.59 Å². The number of nitrogens with zero attached hydrogens (tertiary/aromatic N) is 6. The van der Waals surface area contributed by atoms with Crippen LogP contribution in [0.4, 0.5) is 17.5 Å². The fourth-order valence-electron chi connectivity index (χ4n) is 5.58. The second-order valence-electron chi connectivity index (χ2n) is 12.3. The summed E-state index contributed by atoms with van der Waals surface area (Å²) in [6.07, 6.45) is 5.29. The molecule has 4 aromatic rings. The van der Waals surface area contributed by atoms with Gasteiger partial charge in [-0.25, -0.2) is 9.50 Å². The van der Waals surface area contributed by atoms with E-state index in [1.54, 1.807) is 16.9 Å². The third-order valence-electron chi connectivity index (χ3n) is 8.09. The van der Waals surface area contributed by atoms with Crippen LogP contribution in [0.3, 0.4) is 0 Å². The smallest absolute Gasteiger partial charge is 0.253 e. The van der Waals surface area contributed by atoms with Gasteiger partial charge in [0.2, 0.25) is 5.95 Å². The quantitative estimate of drug-likeness (QED) is 0.316. The van der Waals surface area contributed by atoms with Crippen molar-refractivity contribution in [3.63, 3.8) is 0 Å². The first-order valence-corrected chi connectivity index (χ1v) is 15.0. The molecule has 2 fully saturated rings. The molecule has 4 heterocycles. The van der Waals surface area contributed by atoms with Crippen LogP contribution in [0, 0.1) is 0 Å². The van der Waals surface area contributed by atoms with Gasteiger partial charge < -0.3 is 25.8 Å². The van der Waals surface area contributed by atoms with Crippen LogP contribution in [0.25, 0.3) is 5.65 Å². The first kappa shape index (κ1) is 28.6. The molecule has 0 spiro atoms. The van der Waals surface area contributed by atoms with Crippen molar-refractivity contribution in [3.05, 3.63) is 77.6 Å². The first-order chi connectivity index (χ1) is 20.7. The zero-order chi connectivity index (χ0) is 30.0. The number of benzene rings is 2. The average molecular weight is 582 g/mol. The topological polar surface area (TPSA) is 120 Å². The fourth-order valence-corrected chi connectivity index (χ4v) is 5.58. The molecule has 224 valence electrons. The van der Waals surface area contributed by atoms with E-state index in [2.05, 4.69) is 46.6 Å². The highest BCUT2D eigenvalue weighted by atomic mass is 16.2. The molecule has 2 aromatic carbocycles. The van der Waals surface area contributed by atoms with E-state index in [4.69, 9.17) is 10.1 Å². The van der Waals surface area contributed by atoms with Gasteiger partial charge in [-0.3, -0.25) is 9.59 Å². The standard InChI is InChI=1S/C32H39N9O2/c1-32(2,3)24-10-6-22(7-11-24)29(42)36-26-5-4-17-40(21-26)31-37-27(28-34-16-20-41(28)38-31)35-25-12-8-23(9-13-25)30(43)39-18-14-33-15-19-39/h6-13,16,20,26,33H,4-5,14-15,17-19,21H2,1-3H3,(H,36,42)(H,35,37,38)/t26-/m1/s1. The molecule has 11 nitrogen and oxygen atoms in total. The minimum atomic E-state index is -0.0699. The predicted octanol–water partition coefficient (Wildman–Crippen LogP) is 3.61. The maximum atomic E-state index is 13.1. The van der Waals surface area contributed by atoms with Gasteiger partial charge in [0.25, 0.3) is 11.8 Å². The lowest BCUT2D eigenvalue weighted by Crippen LogP contribution is -2.48. The lowest BCUT2D eigenvalue weighted by Gasteiger charge is -2.33. The molecule has 3 N–H and O–H groups in total. The van der Waals surface area contributed by atoms with Crippen LogP contribution in [0.2, 0.25) is 0 Å². The zero-order valence-electron chi connectivity index (χ0n) is 25.0. The highest BCUT2D eigenvalue weighted by molar-refractivity contribution is 5.95. The fraction of sp³-hybridized carbons (Fsp3) is 0.406. The van der Waals surface area contributed by atoms with Crippen molar-refractivity contribution in [2.24, 2.45) is 0 Å². The molecular formula is C32H39N9O2.